The van der Waals surface area contributed by atoms with Gasteiger partial charge in [0.2, 0.25) is 0 Å². The van der Waals surface area contributed by atoms with Crippen molar-refractivity contribution in [1.29, 1.82) is 5.26 Å². The number of ether oxygens (including phenoxy) is 3. The fourth-order valence-corrected chi connectivity index (χ4v) is 3.91. The van der Waals surface area contributed by atoms with Crippen LogP contribution in [0.25, 0.3) is 0 Å². The van der Waals surface area contributed by atoms with E-state index in [1.807, 2.05) is 45.0 Å². The first-order valence-electron chi connectivity index (χ1n) is 10.3. The lowest BCUT2D eigenvalue weighted by Crippen LogP contribution is -2.47. The highest BCUT2D eigenvalue weighted by molar-refractivity contribution is 5.71. The van der Waals surface area contributed by atoms with Gasteiger partial charge in [0.1, 0.15) is 11.4 Å². The lowest BCUT2D eigenvalue weighted by molar-refractivity contribution is -0.147. The van der Waals surface area contributed by atoms with Crippen LogP contribution in [0.3, 0.4) is 0 Å². The zero-order valence-electron chi connectivity index (χ0n) is 18.6. The summed E-state index contributed by atoms with van der Waals surface area (Å²) in [5, 5.41) is 10.1. The number of likely N-dealkylation sites (tertiary alicyclic amines) is 1. The van der Waals surface area contributed by atoms with Gasteiger partial charge in [0, 0.05) is 18.5 Å². The summed E-state index contributed by atoms with van der Waals surface area (Å²) < 4.78 is 16.0. The summed E-state index contributed by atoms with van der Waals surface area (Å²) >= 11 is 0. The van der Waals surface area contributed by atoms with E-state index in [-0.39, 0.29) is 25.1 Å². The molecule has 1 atom stereocenters. The first-order valence-corrected chi connectivity index (χ1v) is 10.3. The van der Waals surface area contributed by atoms with Crippen LogP contribution in [0.1, 0.15) is 58.4 Å². The number of methoxy groups -OCH3 is 1. The summed E-state index contributed by atoms with van der Waals surface area (Å²) in [7, 11) is 1.58. The number of benzene rings is 1. The van der Waals surface area contributed by atoms with E-state index in [0.29, 0.717) is 31.7 Å². The number of amides is 1. The van der Waals surface area contributed by atoms with Crippen molar-refractivity contribution in [1.82, 2.24) is 4.90 Å². The lowest BCUT2D eigenvalue weighted by Gasteiger charge is -2.44. The number of hydrogen-bond acceptors (Lipinski definition) is 6. The SMILES string of the molecule is CCOC(=O)CC1(C(C#N)c2cccc(OC)c2)CCN(C(=O)OC(C)(C)C)CC1. The third kappa shape index (κ3) is 5.88. The predicted molar refractivity (Wildman–Crippen MR) is 112 cm³/mol. The summed E-state index contributed by atoms with van der Waals surface area (Å²) in [6.07, 6.45) is 0.751. The van der Waals surface area contributed by atoms with Gasteiger partial charge in [-0.05, 0) is 58.2 Å². The van der Waals surface area contributed by atoms with Gasteiger partial charge in [-0.1, -0.05) is 12.1 Å². The van der Waals surface area contributed by atoms with Gasteiger partial charge in [0.05, 0.1) is 32.1 Å². The van der Waals surface area contributed by atoms with Crippen LogP contribution >= 0.6 is 0 Å². The Labute approximate surface area is 178 Å². The molecule has 30 heavy (non-hydrogen) atoms. The molecule has 1 fully saturated rings. The lowest BCUT2D eigenvalue weighted by atomic mass is 9.64. The van der Waals surface area contributed by atoms with Crippen molar-refractivity contribution in [3.05, 3.63) is 29.8 Å². The fourth-order valence-electron chi connectivity index (χ4n) is 3.91. The molecule has 7 heteroatoms. The molecule has 0 aliphatic carbocycles. The summed E-state index contributed by atoms with van der Waals surface area (Å²) in [5.41, 5.74) is -0.412. The number of hydrogen-bond donors (Lipinski definition) is 0. The second-order valence-electron chi connectivity index (χ2n) is 8.65. The van der Waals surface area contributed by atoms with Crippen molar-refractivity contribution in [3.63, 3.8) is 0 Å². The van der Waals surface area contributed by atoms with Gasteiger partial charge in [-0.25, -0.2) is 4.79 Å². The molecule has 0 spiro atoms. The summed E-state index contributed by atoms with van der Waals surface area (Å²) in [5.74, 6) is -0.200. The molecular formula is C23H32N2O5. The molecule has 0 radical (unpaired) electrons. The number of nitrogens with zero attached hydrogens (tertiary/aromatic N) is 2. The maximum absolute atomic E-state index is 12.5. The minimum Gasteiger partial charge on any atom is -0.497 e. The minimum absolute atomic E-state index is 0.123. The van der Waals surface area contributed by atoms with Crippen molar-refractivity contribution >= 4 is 12.1 Å². The maximum Gasteiger partial charge on any atom is 0.410 e. The third-order valence-electron chi connectivity index (χ3n) is 5.38. The molecule has 7 nitrogen and oxygen atoms in total. The number of rotatable bonds is 6. The Bertz CT molecular complexity index is 786. The Morgan fingerprint density at radius 2 is 1.93 bits per heavy atom. The first-order chi connectivity index (χ1) is 14.1. The Hall–Kier alpha value is -2.75. The quantitative estimate of drug-likeness (QED) is 0.643. The number of carbonyl (C=O) groups is 2. The largest absolute Gasteiger partial charge is 0.497 e. The normalized spacial score (nSPS) is 16.9. The topological polar surface area (TPSA) is 88.9 Å². The van der Waals surface area contributed by atoms with E-state index in [0.717, 1.165) is 5.56 Å². The van der Waals surface area contributed by atoms with Crippen LogP contribution < -0.4 is 4.74 Å². The van der Waals surface area contributed by atoms with Crippen LogP contribution in [0.2, 0.25) is 0 Å². The molecule has 0 N–H and O–H groups in total. The fraction of sp³-hybridized carbons (Fsp3) is 0.609. The minimum atomic E-state index is -0.633. The number of esters is 1. The van der Waals surface area contributed by atoms with Crippen LogP contribution in [-0.2, 0) is 14.3 Å². The average molecular weight is 417 g/mol. The molecule has 164 valence electrons. The van der Waals surface area contributed by atoms with E-state index >= 15 is 0 Å². The van der Waals surface area contributed by atoms with E-state index in [9.17, 15) is 14.9 Å². The molecule has 1 aliphatic rings. The molecule has 1 aromatic rings. The van der Waals surface area contributed by atoms with Crippen molar-refractivity contribution < 1.29 is 23.8 Å². The first kappa shape index (κ1) is 23.5. The van der Waals surface area contributed by atoms with E-state index in [1.165, 1.54) is 0 Å². The van der Waals surface area contributed by atoms with Gasteiger partial charge < -0.3 is 19.1 Å². The summed E-state index contributed by atoms with van der Waals surface area (Å²) in [6, 6.07) is 9.79. The molecule has 0 bridgehead atoms. The van der Waals surface area contributed by atoms with E-state index in [1.54, 1.807) is 18.9 Å². The molecular weight excluding hydrogens is 384 g/mol. The number of piperidine rings is 1. The highest BCUT2D eigenvalue weighted by atomic mass is 16.6. The van der Waals surface area contributed by atoms with Gasteiger partial charge in [-0.2, -0.15) is 5.26 Å². The van der Waals surface area contributed by atoms with E-state index in [2.05, 4.69) is 6.07 Å². The van der Waals surface area contributed by atoms with Crippen LogP contribution in [0.4, 0.5) is 4.79 Å². The molecule has 1 amide bonds. The second kappa shape index (κ2) is 9.84. The standard InChI is InChI=1S/C23H32N2O5/c1-6-29-20(26)15-23(19(16-24)17-8-7-9-18(14-17)28-5)10-12-25(13-11-23)21(27)30-22(2,3)4/h7-9,14,19H,6,10-13,15H2,1-5H3. The van der Waals surface area contributed by atoms with Crippen LogP contribution in [0.15, 0.2) is 24.3 Å². The predicted octanol–water partition coefficient (Wildman–Crippen LogP) is 4.27. The second-order valence-corrected chi connectivity index (χ2v) is 8.65. The third-order valence-corrected chi connectivity index (χ3v) is 5.38. The monoisotopic (exact) mass is 416 g/mol. The van der Waals surface area contributed by atoms with E-state index in [4.69, 9.17) is 14.2 Å². The Morgan fingerprint density at radius 1 is 1.27 bits per heavy atom. The maximum atomic E-state index is 12.5. The smallest absolute Gasteiger partial charge is 0.410 e. The molecule has 1 saturated heterocycles. The molecule has 1 heterocycles. The molecule has 1 unspecified atom stereocenters. The van der Waals surface area contributed by atoms with Gasteiger partial charge in [0.15, 0.2) is 0 Å². The highest BCUT2D eigenvalue weighted by Crippen LogP contribution is 2.48. The van der Waals surface area contributed by atoms with Crippen LogP contribution in [0, 0.1) is 16.7 Å². The molecule has 1 aromatic carbocycles. The summed E-state index contributed by atoms with van der Waals surface area (Å²) in [6.45, 7) is 8.36. The van der Waals surface area contributed by atoms with Crippen LogP contribution in [0.5, 0.6) is 5.75 Å². The van der Waals surface area contributed by atoms with Crippen molar-refractivity contribution in [2.45, 2.75) is 58.5 Å². The van der Waals surface area contributed by atoms with Crippen molar-refractivity contribution in [2.75, 3.05) is 26.8 Å². The number of nitriles is 1. The van der Waals surface area contributed by atoms with Gasteiger partial charge in [-0.3, -0.25) is 4.79 Å². The van der Waals surface area contributed by atoms with Crippen molar-refractivity contribution in [2.24, 2.45) is 5.41 Å². The average Bonchev–Trinajstić information content (AvgIpc) is 2.68. The Morgan fingerprint density at radius 3 is 2.47 bits per heavy atom. The van der Waals surface area contributed by atoms with Gasteiger partial charge in [-0.15, -0.1) is 0 Å². The molecule has 0 aromatic heterocycles. The highest BCUT2D eigenvalue weighted by Gasteiger charge is 2.45. The Kier molecular flexibility index (Phi) is 7.71. The van der Waals surface area contributed by atoms with Gasteiger partial charge in [0.25, 0.3) is 0 Å². The van der Waals surface area contributed by atoms with Gasteiger partial charge >= 0.3 is 12.1 Å². The molecule has 1 aliphatic heterocycles. The zero-order chi connectivity index (χ0) is 22.4. The van der Waals surface area contributed by atoms with Crippen LogP contribution in [-0.4, -0.2) is 49.4 Å². The molecule has 2 rings (SSSR count). The molecule has 0 saturated carbocycles. The zero-order valence-corrected chi connectivity index (χ0v) is 18.6. The Balaban J connectivity index is 2.30. The summed E-state index contributed by atoms with van der Waals surface area (Å²) in [4.78, 5) is 26.6. The number of carbonyl (C=O) groups excluding carboxylic acids is 2. The van der Waals surface area contributed by atoms with E-state index < -0.39 is 16.9 Å². The van der Waals surface area contributed by atoms with Crippen molar-refractivity contribution in [3.8, 4) is 11.8 Å².